The molecule has 0 aliphatic carbocycles. The van der Waals surface area contributed by atoms with Gasteiger partial charge < -0.3 is 16.0 Å². The molecule has 0 radical (unpaired) electrons. The molecule has 10 heteroatoms. The first kappa shape index (κ1) is 19.8. The largest absolute Gasteiger partial charge is 0.368 e. The lowest BCUT2D eigenvalue weighted by atomic mass is 10.1. The van der Waals surface area contributed by atoms with E-state index in [-0.39, 0.29) is 12.0 Å². The third kappa shape index (κ3) is 3.47. The van der Waals surface area contributed by atoms with Crippen LogP contribution in [0, 0.1) is 0 Å². The number of imidazole rings is 2. The summed E-state index contributed by atoms with van der Waals surface area (Å²) in [4.78, 5) is 29.5. The molecule has 4 heterocycles. The molecule has 0 bridgehead atoms. The van der Waals surface area contributed by atoms with Gasteiger partial charge in [-0.2, -0.15) is 9.97 Å². The Labute approximate surface area is 194 Å². The van der Waals surface area contributed by atoms with Crippen LogP contribution in [0.5, 0.6) is 0 Å². The third-order valence-electron chi connectivity index (χ3n) is 5.66. The van der Waals surface area contributed by atoms with E-state index in [9.17, 15) is 0 Å². The van der Waals surface area contributed by atoms with Gasteiger partial charge in [0.25, 0.3) is 0 Å². The first-order valence-corrected chi connectivity index (χ1v) is 10.7. The van der Waals surface area contributed by atoms with Crippen molar-refractivity contribution in [2.45, 2.75) is 13.0 Å². The van der Waals surface area contributed by atoms with Gasteiger partial charge in [0.05, 0.1) is 23.4 Å². The maximum Gasteiger partial charge on any atom is 0.225 e. The molecule has 166 valence electrons. The van der Waals surface area contributed by atoms with E-state index in [0.29, 0.717) is 17.3 Å². The molecule has 10 nitrogen and oxygen atoms in total. The Morgan fingerprint density at radius 1 is 0.971 bits per heavy atom. The number of fused-ring (bicyclic) bond motifs is 2. The van der Waals surface area contributed by atoms with E-state index >= 15 is 0 Å². The Kier molecular flexibility index (Phi) is 4.61. The average Bonchev–Trinajstić information content (AvgIpc) is 3.51. The zero-order valence-corrected chi connectivity index (χ0v) is 18.2. The molecule has 0 saturated heterocycles. The normalized spacial score (nSPS) is 12.3. The number of rotatable bonds is 5. The van der Waals surface area contributed by atoms with E-state index in [1.807, 2.05) is 47.0 Å². The molecule has 0 fully saturated rings. The number of hydrogen-bond donors (Lipinski definition) is 3. The van der Waals surface area contributed by atoms with Gasteiger partial charge >= 0.3 is 0 Å². The average molecular weight is 448 g/mol. The lowest BCUT2D eigenvalue weighted by molar-refractivity contribution is 0.854. The molecule has 6 rings (SSSR count). The quantitative estimate of drug-likeness (QED) is 0.361. The van der Waals surface area contributed by atoms with Crippen LogP contribution in [0.4, 0.5) is 11.9 Å². The minimum absolute atomic E-state index is 0.0677. The van der Waals surface area contributed by atoms with Crippen molar-refractivity contribution in [1.29, 1.82) is 0 Å². The highest BCUT2D eigenvalue weighted by Crippen LogP contribution is 2.28. The summed E-state index contributed by atoms with van der Waals surface area (Å²) in [6, 6.07) is 18.0. The second-order valence-corrected chi connectivity index (χ2v) is 7.86. The number of H-pyrrole nitrogens is 1. The molecule has 0 saturated carbocycles. The van der Waals surface area contributed by atoms with Crippen LogP contribution in [0.15, 0.2) is 73.4 Å². The monoisotopic (exact) mass is 448 g/mol. The summed E-state index contributed by atoms with van der Waals surface area (Å²) in [5.74, 6) is 1.44. The van der Waals surface area contributed by atoms with E-state index in [1.165, 1.54) is 0 Å². The van der Waals surface area contributed by atoms with E-state index < -0.39 is 0 Å². The zero-order valence-electron chi connectivity index (χ0n) is 18.2. The molecule has 1 atom stereocenters. The van der Waals surface area contributed by atoms with E-state index in [2.05, 4.69) is 54.3 Å². The minimum atomic E-state index is 0.0677. The summed E-state index contributed by atoms with van der Waals surface area (Å²) in [6.45, 7) is 2.08. The predicted molar refractivity (Wildman–Crippen MR) is 130 cm³/mol. The van der Waals surface area contributed by atoms with E-state index in [1.54, 1.807) is 18.9 Å². The number of aromatic nitrogens is 8. The van der Waals surface area contributed by atoms with Crippen LogP contribution in [0.3, 0.4) is 0 Å². The molecule has 34 heavy (non-hydrogen) atoms. The van der Waals surface area contributed by atoms with Crippen LogP contribution in [0.1, 0.15) is 18.5 Å². The van der Waals surface area contributed by atoms with Crippen LogP contribution in [-0.4, -0.2) is 39.5 Å². The number of nitrogens with zero attached hydrogens (tertiary/aromatic N) is 7. The fourth-order valence-corrected chi connectivity index (χ4v) is 3.97. The minimum Gasteiger partial charge on any atom is -0.368 e. The molecule has 0 aliphatic rings. The Morgan fingerprint density at radius 2 is 1.85 bits per heavy atom. The Hall–Kier alpha value is -4.86. The summed E-state index contributed by atoms with van der Waals surface area (Å²) in [7, 11) is 0. The Balaban J connectivity index is 1.34. The van der Waals surface area contributed by atoms with Crippen molar-refractivity contribution in [3.05, 3.63) is 79.0 Å². The molecular weight excluding hydrogens is 428 g/mol. The van der Waals surface area contributed by atoms with Gasteiger partial charge in [0.15, 0.2) is 5.65 Å². The van der Waals surface area contributed by atoms with Gasteiger partial charge in [-0.15, -0.1) is 0 Å². The number of anilines is 2. The van der Waals surface area contributed by atoms with Gasteiger partial charge in [0.2, 0.25) is 11.9 Å². The summed E-state index contributed by atoms with van der Waals surface area (Å²) >= 11 is 0. The number of nitrogen functional groups attached to an aromatic ring is 1. The second-order valence-electron chi connectivity index (χ2n) is 7.86. The van der Waals surface area contributed by atoms with Gasteiger partial charge in [-0.25, -0.2) is 19.9 Å². The van der Waals surface area contributed by atoms with Crippen LogP contribution in [-0.2, 0) is 0 Å². The van der Waals surface area contributed by atoms with Crippen molar-refractivity contribution < 1.29 is 0 Å². The van der Waals surface area contributed by atoms with Crippen molar-refractivity contribution in [2.75, 3.05) is 11.1 Å². The van der Waals surface area contributed by atoms with Crippen molar-refractivity contribution in [3.63, 3.8) is 0 Å². The molecule has 4 aromatic heterocycles. The van der Waals surface area contributed by atoms with Crippen molar-refractivity contribution in [2.24, 2.45) is 0 Å². The summed E-state index contributed by atoms with van der Waals surface area (Å²) in [6.07, 6.45) is 5.07. The number of aromatic amines is 1. The molecular formula is C24H20N10. The third-order valence-corrected chi connectivity index (χ3v) is 5.66. The highest BCUT2D eigenvalue weighted by atomic mass is 15.2. The van der Waals surface area contributed by atoms with Gasteiger partial charge in [-0.3, -0.25) is 4.57 Å². The van der Waals surface area contributed by atoms with Gasteiger partial charge in [-0.1, -0.05) is 36.4 Å². The lowest BCUT2D eigenvalue weighted by Crippen LogP contribution is -2.10. The second kappa shape index (κ2) is 7.93. The first-order valence-electron chi connectivity index (χ1n) is 10.7. The van der Waals surface area contributed by atoms with Gasteiger partial charge in [0, 0.05) is 11.8 Å². The van der Waals surface area contributed by atoms with E-state index in [0.717, 1.165) is 33.5 Å². The Morgan fingerprint density at radius 3 is 2.74 bits per heavy atom. The van der Waals surface area contributed by atoms with Crippen molar-refractivity contribution >= 4 is 34.1 Å². The van der Waals surface area contributed by atoms with Crippen molar-refractivity contribution in [1.82, 2.24) is 39.5 Å². The van der Waals surface area contributed by atoms with Gasteiger partial charge in [-0.05, 0) is 30.7 Å². The number of benzene rings is 2. The molecule has 6 aromatic rings. The summed E-state index contributed by atoms with van der Waals surface area (Å²) in [5.41, 5.74) is 11.6. The van der Waals surface area contributed by atoms with Gasteiger partial charge in [0.1, 0.15) is 23.4 Å². The summed E-state index contributed by atoms with van der Waals surface area (Å²) < 4.78 is 1.93. The molecule has 2 aromatic carbocycles. The highest BCUT2D eigenvalue weighted by Gasteiger charge is 2.14. The SMILES string of the molecule is C[C@H](Nc1nccc(-n2cnc3cc(-c4nc(N)nc5nc[nH]c45)ccc32)n1)c1ccccc1. The van der Waals surface area contributed by atoms with Crippen molar-refractivity contribution in [3.8, 4) is 17.1 Å². The topological polar surface area (TPSA) is 136 Å². The van der Waals surface area contributed by atoms with Crippen LogP contribution in [0.2, 0.25) is 0 Å². The highest BCUT2D eigenvalue weighted by molar-refractivity contribution is 5.91. The maximum atomic E-state index is 5.88. The molecule has 0 aliphatic heterocycles. The fraction of sp³-hybridized carbons (Fsp3) is 0.0833. The smallest absolute Gasteiger partial charge is 0.225 e. The fourth-order valence-electron chi connectivity index (χ4n) is 3.97. The standard InChI is InChI=1S/C24H20N10/c1-14(15-5-3-2-4-6-15)30-24-26-10-9-19(31-24)34-13-29-17-11-16(7-8-18(17)34)20-21-22(28-12-27-21)33-23(25)32-20/h2-14H,1H3,(H,26,30,31)(H3,25,27,28,32,33)/t14-/m0/s1. The van der Waals surface area contributed by atoms with Crippen LogP contribution in [0.25, 0.3) is 39.3 Å². The zero-order chi connectivity index (χ0) is 23.1. The summed E-state index contributed by atoms with van der Waals surface area (Å²) in [5, 5.41) is 3.37. The predicted octanol–water partition coefficient (Wildman–Crippen LogP) is 3.90. The lowest BCUT2D eigenvalue weighted by Gasteiger charge is -2.14. The van der Waals surface area contributed by atoms with Crippen LogP contribution >= 0.6 is 0 Å². The number of hydrogen-bond acceptors (Lipinski definition) is 8. The maximum absolute atomic E-state index is 5.88. The molecule has 0 amide bonds. The Bertz CT molecular complexity index is 1620. The number of nitrogens with one attached hydrogen (secondary N) is 2. The molecule has 0 unspecified atom stereocenters. The number of nitrogens with two attached hydrogens (primary N) is 1. The molecule has 4 N–H and O–H groups in total. The molecule has 0 spiro atoms. The van der Waals surface area contributed by atoms with Crippen LogP contribution < -0.4 is 11.1 Å². The first-order chi connectivity index (χ1) is 16.7. The van der Waals surface area contributed by atoms with E-state index in [4.69, 9.17) is 10.7 Å².